The van der Waals surface area contributed by atoms with Crippen molar-refractivity contribution in [3.8, 4) is 0 Å². The monoisotopic (exact) mass is 1010 g/mol. The van der Waals surface area contributed by atoms with Gasteiger partial charge in [-0.3, -0.25) is 9.59 Å². The highest BCUT2D eigenvalue weighted by molar-refractivity contribution is 5.80. The second-order valence-corrected chi connectivity index (χ2v) is 21.1. The zero-order valence-electron chi connectivity index (χ0n) is 46.1. The molecule has 1 aliphatic heterocycles. The average molecular weight is 1010 g/mol. The SMILES string of the molecule is CCCCCCCC/C=C/CCCCCCCCCC(=O)OC1C(OCC(NC(=O)C(O)CCCCCCCCCCCCCCCC)C(O)/C=C/CCCCCCCCCCC)OC(CO)C(O)C1O. The molecule has 71 heavy (non-hydrogen) atoms. The van der Waals surface area contributed by atoms with Crippen LogP contribution in [0.25, 0.3) is 0 Å². The van der Waals surface area contributed by atoms with Gasteiger partial charge >= 0.3 is 5.97 Å². The quantitative estimate of drug-likeness (QED) is 0.0195. The number of esters is 1. The summed E-state index contributed by atoms with van der Waals surface area (Å²) in [5, 5.41) is 56.8. The highest BCUT2D eigenvalue weighted by atomic mass is 16.7. The summed E-state index contributed by atoms with van der Waals surface area (Å²) < 4.78 is 17.6. The number of amides is 1. The number of carbonyl (C=O) groups is 2. The number of rotatable bonds is 51. The predicted octanol–water partition coefficient (Wildman–Crippen LogP) is 13.7. The first-order valence-electron chi connectivity index (χ1n) is 30.1. The Bertz CT molecular complexity index is 1250. The van der Waals surface area contributed by atoms with Crippen LogP contribution in [-0.4, -0.2) is 99.6 Å². The number of hydrogen-bond donors (Lipinski definition) is 6. The summed E-state index contributed by atoms with van der Waals surface area (Å²) in [7, 11) is 0. The lowest BCUT2D eigenvalue weighted by atomic mass is 9.99. The molecule has 1 rings (SSSR count). The molecule has 0 saturated carbocycles. The van der Waals surface area contributed by atoms with Crippen LogP contribution in [0.3, 0.4) is 0 Å². The van der Waals surface area contributed by atoms with Gasteiger partial charge in [0.25, 0.3) is 0 Å². The molecule has 8 atom stereocenters. The third-order valence-corrected chi connectivity index (χ3v) is 14.4. The van der Waals surface area contributed by atoms with Gasteiger partial charge in [-0.2, -0.15) is 0 Å². The van der Waals surface area contributed by atoms with Crippen LogP contribution < -0.4 is 5.32 Å². The van der Waals surface area contributed by atoms with Crippen molar-refractivity contribution in [3.05, 3.63) is 24.3 Å². The molecule has 1 saturated heterocycles. The van der Waals surface area contributed by atoms with E-state index in [0.29, 0.717) is 19.3 Å². The zero-order valence-corrected chi connectivity index (χ0v) is 46.1. The highest BCUT2D eigenvalue weighted by Gasteiger charge is 2.47. The number of aliphatic hydroxyl groups excluding tert-OH is 5. The molecule has 0 aromatic heterocycles. The van der Waals surface area contributed by atoms with Gasteiger partial charge in [-0.25, -0.2) is 0 Å². The van der Waals surface area contributed by atoms with Crippen LogP contribution in [-0.2, 0) is 23.8 Å². The van der Waals surface area contributed by atoms with E-state index in [9.17, 15) is 35.1 Å². The summed E-state index contributed by atoms with van der Waals surface area (Å²) in [6.45, 7) is 5.79. The molecule has 1 fully saturated rings. The second kappa shape index (κ2) is 49.0. The molecule has 8 unspecified atom stereocenters. The van der Waals surface area contributed by atoms with Gasteiger partial charge in [0.15, 0.2) is 12.4 Å². The number of unbranched alkanes of at least 4 members (excludes halogenated alkanes) is 35. The standard InChI is InChI=1S/C60H113NO10/c1-4-7-10-13-16-19-22-24-26-27-28-30-33-36-39-42-45-48-55(65)71-58-57(67)56(66)54(49-62)70-60(58)69-50-51(52(63)46-43-40-37-34-31-21-18-15-12-9-6-3)61-59(68)53(64)47-44-41-38-35-32-29-25-23-20-17-14-11-8-5-2/h24,26,43,46,51-54,56-58,60,62-64,66-67H,4-23,25,27-42,44-45,47-50H2,1-3H3,(H,61,68)/b26-24+,46-43+. The minimum Gasteiger partial charge on any atom is -0.454 e. The highest BCUT2D eigenvalue weighted by Crippen LogP contribution is 2.26. The number of carbonyl (C=O) groups excluding carboxylic acids is 2. The molecule has 11 nitrogen and oxygen atoms in total. The molecule has 0 aromatic rings. The van der Waals surface area contributed by atoms with Crippen molar-refractivity contribution in [2.24, 2.45) is 0 Å². The van der Waals surface area contributed by atoms with E-state index in [4.69, 9.17) is 14.2 Å². The molecule has 1 amide bonds. The molecule has 6 N–H and O–H groups in total. The lowest BCUT2D eigenvalue weighted by Gasteiger charge is -2.41. The minimum absolute atomic E-state index is 0.122. The van der Waals surface area contributed by atoms with Gasteiger partial charge < -0.3 is 45.1 Å². The van der Waals surface area contributed by atoms with Crippen LogP contribution in [0.1, 0.15) is 284 Å². The van der Waals surface area contributed by atoms with E-state index >= 15 is 0 Å². The number of ether oxygens (including phenoxy) is 3. The first-order valence-corrected chi connectivity index (χ1v) is 30.1. The number of aliphatic hydroxyl groups is 5. The minimum atomic E-state index is -1.61. The van der Waals surface area contributed by atoms with Crippen molar-refractivity contribution >= 4 is 11.9 Å². The van der Waals surface area contributed by atoms with Crippen molar-refractivity contribution in [3.63, 3.8) is 0 Å². The van der Waals surface area contributed by atoms with Crippen LogP contribution in [0.15, 0.2) is 24.3 Å². The molecule has 418 valence electrons. The number of hydrogen-bond acceptors (Lipinski definition) is 10. The Kier molecular flexibility index (Phi) is 46.4. The van der Waals surface area contributed by atoms with Gasteiger partial charge in [0.05, 0.1) is 25.4 Å². The van der Waals surface area contributed by atoms with Crippen LogP contribution in [0.5, 0.6) is 0 Å². The zero-order chi connectivity index (χ0) is 51.8. The Morgan fingerprint density at radius 3 is 1.37 bits per heavy atom. The third-order valence-electron chi connectivity index (χ3n) is 14.4. The Hall–Kier alpha value is -1.86. The molecule has 0 aliphatic carbocycles. The van der Waals surface area contributed by atoms with Gasteiger partial charge in [0.1, 0.15) is 24.4 Å². The lowest BCUT2D eigenvalue weighted by Crippen LogP contribution is -2.61. The summed E-state index contributed by atoms with van der Waals surface area (Å²) in [5.74, 6) is -1.19. The van der Waals surface area contributed by atoms with Crippen LogP contribution >= 0.6 is 0 Å². The maximum Gasteiger partial charge on any atom is 0.306 e. The topological polar surface area (TPSA) is 175 Å². The van der Waals surface area contributed by atoms with Crippen molar-refractivity contribution in [1.29, 1.82) is 0 Å². The van der Waals surface area contributed by atoms with Gasteiger partial charge in [-0.05, 0) is 51.4 Å². The van der Waals surface area contributed by atoms with Crippen molar-refractivity contribution in [2.45, 2.75) is 333 Å². The van der Waals surface area contributed by atoms with Gasteiger partial charge in [0.2, 0.25) is 5.91 Å². The summed E-state index contributed by atoms with van der Waals surface area (Å²) in [5.41, 5.74) is 0. The summed E-state index contributed by atoms with van der Waals surface area (Å²) >= 11 is 0. The van der Waals surface area contributed by atoms with E-state index in [2.05, 4.69) is 38.2 Å². The Morgan fingerprint density at radius 2 is 0.930 bits per heavy atom. The summed E-state index contributed by atoms with van der Waals surface area (Å²) in [6.07, 6.45) is 45.0. The Balaban J connectivity index is 2.68. The normalized spacial score (nSPS) is 19.7. The van der Waals surface area contributed by atoms with E-state index in [1.807, 2.05) is 6.08 Å². The third kappa shape index (κ3) is 37.5. The lowest BCUT2D eigenvalue weighted by molar-refractivity contribution is -0.305. The summed E-state index contributed by atoms with van der Waals surface area (Å²) in [6, 6.07) is -1.02. The Morgan fingerprint density at radius 1 is 0.535 bits per heavy atom. The molecular weight excluding hydrogens is 895 g/mol. The van der Waals surface area contributed by atoms with Gasteiger partial charge in [-0.1, -0.05) is 251 Å². The fraction of sp³-hybridized carbons (Fsp3) is 0.900. The van der Waals surface area contributed by atoms with E-state index < -0.39 is 67.4 Å². The van der Waals surface area contributed by atoms with Crippen LogP contribution in [0, 0.1) is 0 Å². The number of nitrogens with one attached hydrogen (secondary N) is 1. The van der Waals surface area contributed by atoms with Crippen LogP contribution in [0.2, 0.25) is 0 Å². The molecular formula is C60H113NO10. The maximum absolute atomic E-state index is 13.4. The van der Waals surface area contributed by atoms with Crippen molar-refractivity contribution in [2.75, 3.05) is 13.2 Å². The van der Waals surface area contributed by atoms with E-state index in [-0.39, 0.29) is 13.0 Å². The first-order chi connectivity index (χ1) is 34.7. The first kappa shape index (κ1) is 67.2. The molecule has 0 spiro atoms. The van der Waals surface area contributed by atoms with E-state index in [1.165, 1.54) is 167 Å². The summed E-state index contributed by atoms with van der Waals surface area (Å²) in [4.78, 5) is 26.5. The number of allylic oxidation sites excluding steroid dienone is 3. The van der Waals surface area contributed by atoms with Gasteiger partial charge in [-0.15, -0.1) is 0 Å². The van der Waals surface area contributed by atoms with Crippen molar-refractivity contribution in [1.82, 2.24) is 5.32 Å². The Labute approximate surface area is 435 Å². The van der Waals surface area contributed by atoms with Gasteiger partial charge in [0, 0.05) is 6.42 Å². The van der Waals surface area contributed by atoms with Crippen molar-refractivity contribution < 1.29 is 49.3 Å². The van der Waals surface area contributed by atoms with E-state index in [0.717, 1.165) is 70.6 Å². The second-order valence-electron chi connectivity index (χ2n) is 21.1. The molecule has 0 radical (unpaired) electrons. The largest absolute Gasteiger partial charge is 0.454 e. The molecule has 0 aromatic carbocycles. The molecule has 1 aliphatic rings. The molecule has 1 heterocycles. The molecule has 11 heteroatoms. The smallest absolute Gasteiger partial charge is 0.306 e. The van der Waals surface area contributed by atoms with Crippen LogP contribution in [0.4, 0.5) is 0 Å². The van der Waals surface area contributed by atoms with E-state index in [1.54, 1.807) is 6.08 Å². The fourth-order valence-corrected chi connectivity index (χ4v) is 9.53. The maximum atomic E-state index is 13.4. The predicted molar refractivity (Wildman–Crippen MR) is 292 cm³/mol. The molecule has 0 bridgehead atoms. The fourth-order valence-electron chi connectivity index (χ4n) is 9.53. The average Bonchev–Trinajstić information content (AvgIpc) is 3.37.